The van der Waals surface area contributed by atoms with Gasteiger partial charge in [0.25, 0.3) is 0 Å². The summed E-state index contributed by atoms with van der Waals surface area (Å²) in [6.07, 6.45) is 4.58. The molecule has 0 aliphatic heterocycles. The number of benzene rings is 2. The molecule has 0 heterocycles. The van der Waals surface area contributed by atoms with Crippen molar-refractivity contribution < 1.29 is 23.8 Å². The largest absolute Gasteiger partial charge is 0.497 e. The number of aryl methyl sites for hydroxylation is 1. The first-order chi connectivity index (χ1) is 17.4. The summed E-state index contributed by atoms with van der Waals surface area (Å²) in [5.74, 6) is 2.19. The van der Waals surface area contributed by atoms with E-state index in [4.69, 9.17) is 14.2 Å². The lowest BCUT2D eigenvalue weighted by Crippen LogP contribution is -2.47. The molecule has 0 aromatic heterocycles. The van der Waals surface area contributed by atoms with Crippen molar-refractivity contribution in [1.82, 2.24) is 0 Å². The van der Waals surface area contributed by atoms with Crippen molar-refractivity contribution >= 4 is 17.7 Å². The lowest BCUT2D eigenvalue weighted by molar-refractivity contribution is -0.157. The van der Waals surface area contributed by atoms with Crippen molar-refractivity contribution in [3.05, 3.63) is 59.7 Å². The summed E-state index contributed by atoms with van der Waals surface area (Å²) < 4.78 is 16.7. The lowest BCUT2D eigenvalue weighted by atomic mass is 9.55. The predicted octanol–water partition coefficient (Wildman–Crippen LogP) is 5.98. The highest BCUT2D eigenvalue weighted by atomic mass is 16.5. The number of hydrogen-bond acceptors (Lipinski definition) is 5. The molecule has 0 bridgehead atoms. The predicted molar refractivity (Wildman–Crippen MR) is 138 cm³/mol. The van der Waals surface area contributed by atoms with Gasteiger partial charge in [0.15, 0.2) is 0 Å². The lowest BCUT2D eigenvalue weighted by Gasteiger charge is -2.50. The first-order valence-corrected chi connectivity index (χ1v) is 13.1. The van der Waals surface area contributed by atoms with Crippen molar-refractivity contribution in [1.29, 1.82) is 0 Å². The molecule has 2 fully saturated rings. The van der Waals surface area contributed by atoms with Gasteiger partial charge < -0.3 is 14.2 Å². The van der Waals surface area contributed by atoms with E-state index in [9.17, 15) is 9.59 Å². The summed E-state index contributed by atoms with van der Waals surface area (Å²) >= 11 is 0. The number of anilines is 1. The number of amides is 1. The number of esters is 1. The van der Waals surface area contributed by atoms with Gasteiger partial charge in [-0.25, -0.2) is 4.79 Å². The highest BCUT2D eigenvalue weighted by Gasteiger charge is 2.60. The van der Waals surface area contributed by atoms with Crippen LogP contribution in [0.1, 0.15) is 56.6 Å². The number of methoxy groups -OCH3 is 2. The van der Waals surface area contributed by atoms with E-state index in [1.807, 2.05) is 30.3 Å². The van der Waals surface area contributed by atoms with Crippen LogP contribution in [0.15, 0.2) is 48.5 Å². The van der Waals surface area contributed by atoms with Gasteiger partial charge >= 0.3 is 12.1 Å². The Morgan fingerprint density at radius 3 is 2.56 bits per heavy atom. The molecule has 36 heavy (non-hydrogen) atoms. The Morgan fingerprint density at radius 2 is 1.86 bits per heavy atom. The van der Waals surface area contributed by atoms with E-state index in [1.54, 1.807) is 12.0 Å². The Kier molecular flexibility index (Phi) is 6.71. The zero-order valence-corrected chi connectivity index (χ0v) is 21.7. The third kappa shape index (κ3) is 4.25. The molecule has 0 radical (unpaired) electrons. The Bertz CT molecular complexity index is 1120. The molecule has 2 aromatic rings. The second-order valence-corrected chi connectivity index (χ2v) is 11.0. The van der Waals surface area contributed by atoms with E-state index in [1.165, 1.54) is 25.2 Å². The van der Waals surface area contributed by atoms with Crippen LogP contribution in [0.3, 0.4) is 0 Å². The minimum Gasteiger partial charge on any atom is -0.497 e. The second-order valence-electron chi connectivity index (χ2n) is 11.0. The minimum absolute atomic E-state index is 0.0409. The first kappa shape index (κ1) is 24.7. The fourth-order valence-corrected chi connectivity index (χ4v) is 7.64. The Balaban J connectivity index is 1.46. The number of rotatable bonds is 5. The fourth-order valence-electron chi connectivity index (χ4n) is 7.64. The third-order valence-corrected chi connectivity index (χ3v) is 9.18. The van der Waals surface area contributed by atoms with Crippen LogP contribution < -0.4 is 9.64 Å². The van der Waals surface area contributed by atoms with Gasteiger partial charge in [0.2, 0.25) is 0 Å². The van der Waals surface area contributed by atoms with E-state index in [0.717, 1.165) is 43.5 Å². The normalized spacial score (nSPS) is 30.4. The molecule has 6 atom stereocenters. The van der Waals surface area contributed by atoms with Gasteiger partial charge in [-0.05, 0) is 85.3 Å². The number of hydrogen-bond donors (Lipinski definition) is 0. The van der Waals surface area contributed by atoms with Gasteiger partial charge in [-0.15, -0.1) is 0 Å². The van der Waals surface area contributed by atoms with E-state index in [2.05, 4.69) is 25.1 Å². The maximum atomic E-state index is 12.8. The van der Waals surface area contributed by atoms with Crippen molar-refractivity contribution in [2.45, 2.75) is 58.0 Å². The van der Waals surface area contributed by atoms with E-state index < -0.39 is 0 Å². The molecule has 3 aliphatic carbocycles. The Morgan fingerprint density at radius 1 is 1.08 bits per heavy atom. The quantitative estimate of drug-likeness (QED) is 0.481. The Hall–Kier alpha value is -3.02. The van der Waals surface area contributed by atoms with Gasteiger partial charge in [-0.1, -0.05) is 31.2 Å². The van der Waals surface area contributed by atoms with Crippen LogP contribution >= 0.6 is 0 Å². The molecule has 1 amide bonds. The number of para-hydroxylation sites is 1. The fraction of sp³-hybridized carbons (Fsp3) is 0.533. The highest BCUT2D eigenvalue weighted by Crippen LogP contribution is 2.63. The van der Waals surface area contributed by atoms with Gasteiger partial charge in [-0.2, -0.15) is 0 Å². The van der Waals surface area contributed by atoms with Crippen molar-refractivity contribution in [3.63, 3.8) is 0 Å². The van der Waals surface area contributed by atoms with Crippen LogP contribution in [0.2, 0.25) is 0 Å². The highest BCUT2D eigenvalue weighted by molar-refractivity contribution is 5.87. The van der Waals surface area contributed by atoms with Crippen LogP contribution in [0.5, 0.6) is 5.75 Å². The molecule has 6 heteroatoms. The molecule has 0 N–H and O–H groups in total. The number of carbonyl (C=O) groups is 2. The summed E-state index contributed by atoms with van der Waals surface area (Å²) in [4.78, 5) is 26.8. The first-order valence-electron chi connectivity index (χ1n) is 13.1. The monoisotopic (exact) mass is 491 g/mol. The molecular weight excluding hydrogens is 454 g/mol. The summed E-state index contributed by atoms with van der Waals surface area (Å²) in [5.41, 5.74) is 3.55. The summed E-state index contributed by atoms with van der Waals surface area (Å²) in [6.45, 7) is 4.28. The van der Waals surface area contributed by atoms with Crippen molar-refractivity contribution in [3.8, 4) is 5.75 Å². The average molecular weight is 492 g/mol. The molecule has 3 aliphatic rings. The van der Waals surface area contributed by atoms with Gasteiger partial charge in [0.1, 0.15) is 11.9 Å². The van der Waals surface area contributed by atoms with Crippen molar-refractivity contribution in [2.75, 3.05) is 25.7 Å². The van der Waals surface area contributed by atoms with Crippen LogP contribution in [0.4, 0.5) is 10.5 Å². The SMILES string of the molecule is COC(=O)N(C[C@H]1C[C@H]2[C@@H]3CCc4cc(OC)ccc4[C@H]3CC[C@]2(C)[C@@H]1OC(C)=O)c1ccccc1. The van der Waals surface area contributed by atoms with Gasteiger partial charge in [0, 0.05) is 30.5 Å². The zero-order chi connectivity index (χ0) is 25.4. The van der Waals surface area contributed by atoms with E-state index >= 15 is 0 Å². The van der Waals surface area contributed by atoms with E-state index in [-0.39, 0.29) is 29.5 Å². The summed E-state index contributed by atoms with van der Waals surface area (Å²) in [6, 6.07) is 16.2. The van der Waals surface area contributed by atoms with Crippen LogP contribution in [-0.4, -0.2) is 38.9 Å². The molecule has 6 nitrogen and oxygen atoms in total. The van der Waals surface area contributed by atoms with Crippen molar-refractivity contribution in [2.24, 2.45) is 23.2 Å². The Labute approximate surface area is 213 Å². The second kappa shape index (κ2) is 9.79. The third-order valence-electron chi connectivity index (χ3n) is 9.18. The maximum absolute atomic E-state index is 12.8. The average Bonchev–Trinajstić information content (AvgIpc) is 3.17. The van der Waals surface area contributed by atoms with Gasteiger partial charge in [-0.3, -0.25) is 9.69 Å². The summed E-state index contributed by atoms with van der Waals surface area (Å²) in [7, 11) is 3.14. The maximum Gasteiger partial charge on any atom is 0.414 e. The van der Waals surface area contributed by atoms with Crippen LogP contribution in [-0.2, 0) is 20.7 Å². The molecule has 2 saturated carbocycles. The number of fused-ring (bicyclic) bond motifs is 5. The molecular formula is C30H37NO5. The topological polar surface area (TPSA) is 65.1 Å². The molecule has 0 saturated heterocycles. The minimum atomic E-state index is -0.388. The molecule has 0 spiro atoms. The smallest absolute Gasteiger partial charge is 0.414 e. The zero-order valence-electron chi connectivity index (χ0n) is 21.7. The van der Waals surface area contributed by atoms with E-state index in [0.29, 0.717) is 24.3 Å². The standard InChI is InChI=1S/C30H37NO5/c1-19(32)36-28-21(18-31(29(33)35-4)22-8-6-5-7-9-22)17-27-26-12-10-20-16-23(34-3)11-13-24(20)25(26)14-15-30(27,28)2/h5-9,11,13,16,21,25-28H,10,12,14-15,17-18H2,1-4H3/t21-,25-,26-,27+,28-,30+/m1/s1. The summed E-state index contributed by atoms with van der Waals surface area (Å²) in [5, 5.41) is 0. The molecule has 192 valence electrons. The number of nitrogens with zero attached hydrogens (tertiary/aromatic N) is 1. The molecule has 2 aromatic carbocycles. The molecule has 0 unspecified atom stereocenters. The molecule has 5 rings (SSSR count). The number of ether oxygens (including phenoxy) is 3. The van der Waals surface area contributed by atoms with Crippen LogP contribution in [0.25, 0.3) is 0 Å². The van der Waals surface area contributed by atoms with Crippen LogP contribution in [0, 0.1) is 23.2 Å². The number of carbonyl (C=O) groups excluding carboxylic acids is 2. The van der Waals surface area contributed by atoms with Gasteiger partial charge in [0.05, 0.1) is 14.2 Å².